The van der Waals surface area contributed by atoms with Gasteiger partial charge in [-0.3, -0.25) is 0 Å². The monoisotopic (exact) mass is 180 g/mol. The van der Waals surface area contributed by atoms with Gasteiger partial charge in [0.05, 0.1) is 0 Å². The maximum atomic E-state index is 2.49. The Morgan fingerprint density at radius 2 is 1.69 bits per heavy atom. The minimum absolute atomic E-state index is 0.535. The summed E-state index contributed by atoms with van der Waals surface area (Å²) in [5.41, 5.74) is 1.20. The number of hydrogen-bond donors (Lipinski definition) is 0. The second-order valence-electron chi connectivity index (χ2n) is 6.91. The third kappa shape index (κ3) is 1.25. The Morgan fingerprint density at radius 3 is 2.00 bits per heavy atom. The van der Waals surface area contributed by atoms with Gasteiger partial charge in [0, 0.05) is 0 Å². The van der Waals surface area contributed by atoms with Crippen molar-refractivity contribution in [2.45, 2.75) is 53.9 Å². The van der Waals surface area contributed by atoms with Crippen LogP contribution < -0.4 is 0 Å². The van der Waals surface area contributed by atoms with Crippen molar-refractivity contribution in [2.75, 3.05) is 0 Å². The Morgan fingerprint density at radius 1 is 1.08 bits per heavy atom. The van der Waals surface area contributed by atoms with Crippen LogP contribution in [0.25, 0.3) is 0 Å². The van der Waals surface area contributed by atoms with Gasteiger partial charge in [-0.2, -0.15) is 0 Å². The van der Waals surface area contributed by atoms with Crippen LogP contribution in [0, 0.1) is 28.6 Å². The lowest BCUT2D eigenvalue weighted by Gasteiger charge is -2.62. The molecule has 3 aliphatic carbocycles. The third-order valence-corrected chi connectivity index (χ3v) is 4.97. The molecule has 0 saturated heterocycles. The van der Waals surface area contributed by atoms with E-state index in [2.05, 4.69) is 34.6 Å². The Kier molecular flexibility index (Phi) is 1.85. The van der Waals surface area contributed by atoms with Gasteiger partial charge in [-0.1, -0.05) is 34.6 Å². The van der Waals surface area contributed by atoms with Crippen LogP contribution in [0.1, 0.15) is 53.9 Å². The maximum Gasteiger partial charge on any atom is -0.0295 e. The molecule has 0 aromatic heterocycles. The molecule has 76 valence electrons. The summed E-state index contributed by atoms with van der Waals surface area (Å²) in [5, 5.41) is 0. The molecule has 3 atom stereocenters. The molecule has 0 N–H and O–H groups in total. The van der Waals surface area contributed by atoms with Gasteiger partial charge in [0.15, 0.2) is 0 Å². The molecule has 3 fully saturated rings. The summed E-state index contributed by atoms with van der Waals surface area (Å²) >= 11 is 0. The summed E-state index contributed by atoms with van der Waals surface area (Å²) < 4.78 is 0. The van der Waals surface area contributed by atoms with E-state index in [1.807, 2.05) is 0 Å². The predicted octanol–water partition coefficient (Wildman–Crippen LogP) is 4.10. The molecule has 0 heterocycles. The number of fused-ring (bicyclic) bond motifs is 2. The third-order valence-electron chi connectivity index (χ3n) is 4.97. The van der Waals surface area contributed by atoms with Gasteiger partial charge in [0.1, 0.15) is 0 Å². The van der Waals surface area contributed by atoms with Gasteiger partial charge in [-0.15, -0.1) is 0 Å². The van der Waals surface area contributed by atoms with Crippen LogP contribution in [0.15, 0.2) is 0 Å². The Hall–Kier alpha value is 0. The highest BCUT2D eigenvalue weighted by molar-refractivity contribution is 5.05. The first-order chi connectivity index (χ1) is 5.83. The first-order valence-electron chi connectivity index (χ1n) is 5.83. The van der Waals surface area contributed by atoms with Crippen LogP contribution in [0.4, 0.5) is 0 Å². The molecule has 0 spiro atoms. The molecule has 0 aromatic rings. The zero-order chi connectivity index (χ0) is 9.85. The fourth-order valence-corrected chi connectivity index (χ4v) is 3.85. The Bertz CT molecular complexity index is 205. The van der Waals surface area contributed by atoms with Gasteiger partial charge >= 0.3 is 0 Å². The topological polar surface area (TPSA) is 0 Å². The van der Waals surface area contributed by atoms with Crippen molar-refractivity contribution in [3.8, 4) is 0 Å². The second-order valence-corrected chi connectivity index (χ2v) is 6.91. The van der Waals surface area contributed by atoms with E-state index in [0.717, 1.165) is 17.8 Å². The van der Waals surface area contributed by atoms with Gasteiger partial charge in [0.25, 0.3) is 0 Å². The maximum absolute atomic E-state index is 2.49. The molecule has 0 unspecified atom stereocenters. The average Bonchev–Trinajstić information content (AvgIpc) is 2.02. The lowest BCUT2D eigenvalue weighted by Crippen LogP contribution is -2.55. The van der Waals surface area contributed by atoms with Gasteiger partial charge in [-0.25, -0.2) is 0 Å². The molecule has 0 heteroatoms. The summed E-state index contributed by atoms with van der Waals surface area (Å²) in [5.74, 6) is 3.05. The van der Waals surface area contributed by atoms with Crippen molar-refractivity contribution in [1.29, 1.82) is 0 Å². The summed E-state index contributed by atoms with van der Waals surface area (Å²) in [7, 11) is 0. The van der Waals surface area contributed by atoms with Crippen molar-refractivity contribution in [3.63, 3.8) is 0 Å². The SMILES string of the molecule is CC(C)(C)[C@@H]1CC[C@H]2C[C@@H]1C2(C)C. The summed E-state index contributed by atoms with van der Waals surface area (Å²) in [4.78, 5) is 0. The van der Waals surface area contributed by atoms with Crippen LogP contribution in [-0.2, 0) is 0 Å². The number of rotatable bonds is 0. The van der Waals surface area contributed by atoms with E-state index in [0.29, 0.717) is 10.8 Å². The van der Waals surface area contributed by atoms with Crippen LogP contribution >= 0.6 is 0 Å². The highest BCUT2D eigenvalue weighted by Crippen LogP contribution is 2.64. The fraction of sp³-hybridized carbons (Fsp3) is 1.00. The highest BCUT2D eigenvalue weighted by atomic mass is 14.6. The lowest BCUT2D eigenvalue weighted by molar-refractivity contribution is -0.134. The average molecular weight is 180 g/mol. The van der Waals surface area contributed by atoms with Crippen molar-refractivity contribution < 1.29 is 0 Å². The molecule has 2 bridgehead atoms. The Balaban J connectivity index is 2.16. The molecule has 3 aliphatic rings. The fourth-order valence-electron chi connectivity index (χ4n) is 3.85. The van der Waals surface area contributed by atoms with Crippen molar-refractivity contribution >= 4 is 0 Å². The van der Waals surface area contributed by atoms with Crippen molar-refractivity contribution in [2.24, 2.45) is 28.6 Å². The van der Waals surface area contributed by atoms with E-state index in [9.17, 15) is 0 Å². The second kappa shape index (κ2) is 2.52. The van der Waals surface area contributed by atoms with Gasteiger partial charge in [-0.05, 0) is 47.8 Å². The molecule has 13 heavy (non-hydrogen) atoms. The predicted molar refractivity (Wildman–Crippen MR) is 57.6 cm³/mol. The Labute approximate surface area is 83.1 Å². The van der Waals surface area contributed by atoms with E-state index in [-0.39, 0.29) is 0 Å². The minimum atomic E-state index is 0.535. The molecule has 3 rings (SSSR count). The molecule has 0 amide bonds. The minimum Gasteiger partial charge on any atom is -0.0599 e. The van der Waals surface area contributed by atoms with Crippen molar-refractivity contribution in [3.05, 3.63) is 0 Å². The highest BCUT2D eigenvalue weighted by Gasteiger charge is 2.56. The smallest absolute Gasteiger partial charge is 0.0295 e. The van der Waals surface area contributed by atoms with E-state index in [1.165, 1.54) is 19.3 Å². The first kappa shape index (κ1) is 9.55. The van der Waals surface area contributed by atoms with Crippen LogP contribution in [0.2, 0.25) is 0 Å². The first-order valence-corrected chi connectivity index (χ1v) is 5.83. The largest absolute Gasteiger partial charge is 0.0599 e. The molecule has 0 radical (unpaired) electrons. The summed E-state index contributed by atoms with van der Waals surface area (Å²) in [6, 6.07) is 0. The summed E-state index contributed by atoms with van der Waals surface area (Å²) in [6.45, 7) is 12.2. The summed E-state index contributed by atoms with van der Waals surface area (Å²) in [6.07, 6.45) is 4.50. The standard InChI is InChI=1S/C13H24/c1-12(2,3)10-7-6-9-8-11(10)13(9,4)5/h9-11H,6-8H2,1-5H3/t9-,10+,11-/m0/s1. The van der Waals surface area contributed by atoms with E-state index >= 15 is 0 Å². The molecule has 0 aliphatic heterocycles. The molecule has 3 saturated carbocycles. The van der Waals surface area contributed by atoms with Gasteiger partial charge < -0.3 is 0 Å². The molecule has 0 aromatic carbocycles. The normalized spacial score (nSPS) is 42.7. The van der Waals surface area contributed by atoms with Gasteiger partial charge in [0.2, 0.25) is 0 Å². The quantitative estimate of drug-likeness (QED) is 0.526. The van der Waals surface area contributed by atoms with Crippen LogP contribution in [0.3, 0.4) is 0 Å². The molecular weight excluding hydrogens is 156 g/mol. The van der Waals surface area contributed by atoms with E-state index in [1.54, 1.807) is 0 Å². The lowest BCUT2D eigenvalue weighted by atomic mass is 9.42. The zero-order valence-corrected chi connectivity index (χ0v) is 9.85. The molecular formula is C13H24. The van der Waals surface area contributed by atoms with E-state index in [4.69, 9.17) is 0 Å². The number of hydrogen-bond acceptors (Lipinski definition) is 0. The van der Waals surface area contributed by atoms with Crippen LogP contribution in [-0.4, -0.2) is 0 Å². The van der Waals surface area contributed by atoms with Crippen molar-refractivity contribution in [1.82, 2.24) is 0 Å². The zero-order valence-electron chi connectivity index (χ0n) is 9.85. The molecule has 0 nitrogen and oxygen atoms in total. The van der Waals surface area contributed by atoms with Crippen LogP contribution in [0.5, 0.6) is 0 Å². The van der Waals surface area contributed by atoms with E-state index < -0.39 is 0 Å².